The number of amides is 1. The Hall–Kier alpha value is -1.13. The lowest BCUT2D eigenvalue weighted by Crippen LogP contribution is -2.41. The fourth-order valence-electron chi connectivity index (χ4n) is 2.24. The highest BCUT2D eigenvalue weighted by Gasteiger charge is 2.24. The number of rotatable bonds is 4. The van der Waals surface area contributed by atoms with Crippen LogP contribution in [0, 0.1) is 5.82 Å². The van der Waals surface area contributed by atoms with Crippen LogP contribution >= 0.6 is 11.6 Å². The SMILES string of the molecule is O=C(c1cccc(F)c1)N1CCC(OCCCl)CC1. The zero-order chi connectivity index (χ0) is 13.7. The third-order valence-electron chi connectivity index (χ3n) is 3.23. The molecule has 1 aromatic carbocycles. The van der Waals surface area contributed by atoms with Crippen LogP contribution in [0.25, 0.3) is 0 Å². The van der Waals surface area contributed by atoms with Crippen LogP contribution in [0.4, 0.5) is 4.39 Å². The van der Waals surface area contributed by atoms with Crippen LogP contribution in [0.2, 0.25) is 0 Å². The van der Waals surface area contributed by atoms with Crippen LogP contribution in [0.15, 0.2) is 24.3 Å². The van der Waals surface area contributed by atoms with Crippen molar-refractivity contribution in [3.63, 3.8) is 0 Å². The van der Waals surface area contributed by atoms with Gasteiger partial charge in [0.25, 0.3) is 5.91 Å². The summed E-state index contributed by atoms with van der Waals surface area (Å²) in [5.74, 6) is -0.0101. The van der Waals surface area contributed by atoms with E-state index in [0.29, 0.717) is 31.1 Å². The van der Waals surface area contributed by atoms with E-state index in [2.05, 4.69) is 0 Å². The number of halogens is 2. The summed E-state index contributed by atoms with van der Waals surface area (Å²) in [6.45, 7) is 1.83. The number of likely N-dealkylation sites (tertiary alicyclic amines) is 1. The highest BCUT2D eigenvalue weighted by molar-refractivity contribution is 6.17. The molecule has 104 valence electrons. The minimum atomic E-state index is -0.383. The summed E-state index contributed by atoms with van der Waals surface area (Å²) in [4.78, 5) is 13.9. The van der Waals surface area contributed by atoms with Crippen LogP contribution in [-0.2, 0) is 4.74 Å². The second kappa shape index (κ2) is 6.87. The zero-order valence-electron chi connectivity index (χ0n) is 10.6. The Kier molecular flexibility index (Phi) is 5.16. The van der Waals surface area contributed by atoms with Crippen molar-refractivity contribution in [1.29, 1.82) is 0 Å². The van der Waals surface area contributed by atoms with Crippen LogP contribution < -0.4 is 0 Å². The van der Waals surface area contributed by atoms with Crippen molar-refractivity contribution >= 4 is 17.5 Å². The van der Waals surface area contributed by atoms with E-state index in [0.717, 1.165) is 12.8 Å². The molecule has 1 aliphatic heterocycles. The summed E-state index contributed by atoms with van der Waals surface area (Å²) in [7, 11) is 0. The van der Waals surface area contributed by atoms with Crippen molar-refractivity contribution in [2.45, 2.75) is 18.9 Å². The summed E-state index contributed by atoms with van der Waals surface area (Å²) in [5.41, 5.74) is 0.403. The number of nitrogens with zero attached hydrogens (tertiary/aromatic N) is 1. The maximum absolute atomic E-state index is 13.1. The molecule has 1 saturated heterocycles. The highest BCUT2D eigenvalue weighted by atomic mass is 35.5. The number of piperidine rings is 1. The fraction of sp³-hybridized carbons (Fsp3) is 0.500. The maximum Gasteiger partial charge on any atom is 0.253 e. The first-order chi connectivity index (χ1) is 9.20. The van der Waals surface area contributed by atoms with Gasteiger partial charge in [-0.25, -0.2) is 4.39 Å². The number of carbonyl (C=O) groups is 1. The Morgan fingerprint density at radius 2 is 2.16 bits per heavy atom. The molecule has 0 N–H and O–H groups in total. The smallest absolute Gasteiger partial charge is 0.253 e. The van der Waals surface area contributed by atoms with Gasteiger partial charge >= 0.3 is 0 Å². The second-order valence-electron chi connectivity index (χ2n) is 4.56. The van der Waals surface area contributed by atoms with E-state index in [4.69, 9.17) is 16.3 Å². The predicted molar refractivity (Wildman–Crippen MR) is 72.0 cm³/mol. The van der Waals surface area contributed by atoms with Gasteiger partial charge in [-0.05, 0) is 31.0 Å². The van der Waals surface area contributed by atoms with Gasteiger partial charge in [0.05, 0.1) is 12.7 Å². The van der Waals surface area contributed by atoms with E-state index in [-0.39, 0.29) is 17.8 Å². The molecule has 0 saturated carbocycles. The molecule has 0 unspecified atom stereocenters. The van der Waals surface area contributed by atoms with Gasteiger partial charge in [0.1, 0.15) is 5.82 Å². The molecule has 0 atom stereocenters. The average molecular weight is 286 g/mol. The topological polar surface area (TPSA) is 29.5 Å². The van der Waals surface area contributed by atoms with Crippen LogP contribution in [0.1, 0.15) is 23.2 Å². The fourth-order valence-corrected chi connectivity index (χ4v) is 2.33. The number of benzene rings is 1. The van der Waals surface area contributed by atoms with E-state index >= 15 is 0 Å². The van der Waals surface area contributed by atoms with Crippen molar-refractivity contribution in [2.75, 3.05) is 25.6 Å². The van der Waals surface area contributed by atoms with Gasteiger partial charge < -0.3 is 9.64 Å². The number of ether oxygens (including phenoxy) is 1. The van der Waals surface area contributed by atoms with Gasteiger partial charge in [0.15, 0.2) is 0 Å². The van der Waals surface area contributed by atoms with Crippen molar-refractivity contribution in [3.8, 4) is 0 Å². The van der Waals surface area contributed by atoms with E-state index in [9.17, 15) is 9.18 Å². The molecule has 3 nitrogen and oxygen atoms in total. The van der Waals surface area contributed by atoms with E-state index in [1.165, 1.54) is 12.1 Å². The summed E-state index contributed by atoms with van der Waals surface area (Å²) in [5, 5.41) is 0. The molecule has 0 aliphatic carbocycles. The second-order valence-corrected chi connectivity index (χ2v) is 4.94. The minimum absolute atomic E-state index is 0.115. The quantitative estimate of drug-likeness (QED) is 0.796. The third-order valence-corrected chi connectivity index (χ3v) is 3.39. The standard InChI is InChI=1S/C14H17ClFNO2/c15-6-9-19-13-4-7-17(8-5-13)14(18)11-2-1-3-12(16)10-11/h1-3,10,13H,4-9H2. The first kappa shape index (κ1) is 14.3. The molecule has 0 spiro atoms. The number of hydrogen-bond donors (Lipinski definition) is 0. The summed E-state index contributed by atoms with van der Waals surface area (Å²) >= 11 is 5.57. The van der Waals surface area contributed by atoms with E-state index in [1.54, 1.807) is 17.0 Å². The Morgan fingerprint density at radius 1 is 1.42 bits per heavy atom. The highest BCUT2D eigenvalue weighted by Crippen LogP contribution is 2.16. The predicted octanol–water partition coefficient (Wildman–Crippen LogP) is 2.69. The largest absolute Gasteiger partial charge is 0.377 e. The first-order valence-electron chi connectivity index (χ1n) is 6.43. The van der Waals surface area contributed by atoms with Crippen molar-refractivity contribution in [1.82, 2.24) is 4.90 Å². The lowest BCUT2D eigenvalue weighted by atomic mass is 10.1. The lowest BCUT2D eigenvalue weighted by molar-refractivity contribution is 0.0154. The Morgan fingerprint density at radius 3 is 2.79 bits per heavy atom. The molecule has 1 fully saturated rings. The molecular formula is C14H17ClFNO2. The summed E-state index contributed by atoms with van der Waals surface area (Å²) in [6, 6.07) is 5.81. The molecule has 1 amide bonds. The Balaban J connectivity index is 1.89. The van der Waals surface area contributed by atoms with Crippen LogP contribution in [0.3, 0.4) is 0 Å². The van der Waals surface area contributed by atoms with Gasteiger partial charge in [-0.15, -0.1) is 11.6 Å². The molecule has 19 heavy (non-hydrogen) atoms. The number of hydrogen-bond acceptors (Lipinski definition) is 2. The average Bonchev–Trinajstić information content (AvgIpc) is 2.45. The minimum Gasteiger partial charge on any atom is -0.377 e. The molecule has 1 heterocycles. The molecule has 0 aromatic heterocycles. The summed E-state index contributed by atoms with van der Waals surface area (Å²) < 4.78 is 18.6. The Labute approximate surface area is 117 Å². The van der Waals surface area contributed by atoms with Gasteiger partial charge in [0, 0.05) is 24.5 Å². The van der Waals surface area contributed by atoms with E-state index in [1.807, 2.05) is 0 Å². The van der Waals surface area contributed by atoms with Gasteiger partial charge in [0.2, 0.25) is 0 Å². The molecule has 1 aliphatic rings. The molecule has 0 bridgehead atoms. The first-order valence-corrected chi connectivity index (χ1v) is 6.96. The molecule has 1 aromatic rings. The molecule has 2 rings (SSSR count). The lowest BCUT2D eigenvalue weighted by Gasteiger charge is -2.31. The van der Waals surface area contributed by atoms with Gasteiger partial charge in [-0.2, -0.15) is 0 Å². The molecule has 0 radical (unpaired) electrons. The van der Waals surface area contributed by atoms with Gasteiger partial charge in [-0.1, -0.05) is 6.07 Å². The molecular weight excluding hydrogens is 269 g/mol. The van der Waals surface area contributed by atoms with Crippen LogP contribution in [-0.4, -0.2) is 42.5 Å². The van der Waals surface area contributed by atoms with Crippen molar-refractivity contribution in [2.24, 2.45) is 0 Å². The number of alkyl halides is 1. The monoisotopic (exact) mass is 285 g/mol. The third kappa shape index (κ3) is 3.91. The summed E-state index contributed by atoms with van der Waals surface area (Å²) in [6.07, 6.45) is 1.78. The normalized spacial score (nSPS) is 16.6. The zero-order valence-corrected chi connectivity index (χ0v) is 11.4. The van der Waals surface area contributed by atoms with Crippen molar-refractivity contribution < 1.29 is 13.9 Å². The molecule has 5 heteroatoms. The van der Waals surface area contributed by atoms with Gasteiger partial charge in [-0.3, -0.25) is 4.79 Å². The van der Waals surface area contributed by atoms with Crippen LogP contribution in [0.5, 0.6) is 0 Å². The van der Waals surface area contributed by atoms with E-state index < -0.39 is 0 Å². The maximum atomic E-state index is 13.1. The van der Waals surface area contributed by atoms with Crippen molar-refractivity contribution in [3.05, 3.63) is 35.6 Å². The number of carbonyl (C=O) groups excluding carboxylic acids is 1. The Bertz CT molecular complexity index is 433.